The number of thioether (sulfide) groups is 1. The molecule has 1 amide bonds. The molecule has 1 saturated heterocycles. The summed E-state index contributed by atoms with van der Waals surface area (Å²) in [5.74, 6) is 1.10. The second-order valence-corrected chi connectivity index (χ2v) is 10.4. The predicted octanol–water partition coefficient (Wildman–Crippen LogP) is 5.57. The second-order valence-electron chi connectivity index (χ2n) is 9.33. The van der Waals surface area contributed by atoms with Crippen LogP contribution in [0.1, 0.15) is 70.9 Å². The average molecular weight is 396 g/mol. The first kappa shape index (κ1) is 19.4. The molecule has 2 saturated carbocycles. The number of hydrogen-bond acceptors (Lipinski definition) is 4. The maximum atomic E-state index is 12.3. The summed E-state index contributed by atoms with van der Waals surface area (Å²) >= 11 is 1.37. The van der Waals surface area contributed by atoms with E-state index in [2.05, 4.69) is 74.4 Å². The summed E-state index contributed by atoms with van der Waals surface area (Å²) in [7, 11) is 0. The molecule has 1 heterocycles. The van der Waals surface area contributed by atoms with E-state index in [1.54, 1.807) is 0 Å². The highest BCUT2D eigenvalue weighted by atomic mass is 32.2. The minimum Gasteiger partial charge on any atom is -0.299 e. The molecule has 28 heavy (non-hydrogen) atoms. The molecule has 4 rings (SSSR count). The first-order valence-corrected chi connectivity index (χ1v) is 11.0. The number of carbonyl (C=O) groups excluding carboxylic acids is 1. The van der Waals surface area contributed by atoms with Gasteiger partial charge in [0, 0.05) is 11.1 Å². The van der Waals surface area contributed by atoms with E-state index >= 15 is 0 Å². The molecule has 5 heteroatoms. The van der Waals surface area contributed by atoms with E-state index in [1.807, 2.05) is 6.08 Å². The molecule has 0 aromatic heterocycles. The number of carbonyl (C=O) groups is 1. The quantitative estimate of drug-likeness (QED) is 0.537. The van der Waals surface area contributed by atoms with E-state index in [0.717, 1.165) is 12.0 Å². The van der Waals surface area contributed by atoms with Crippen molar-refractivity contribution in [1.29, 1.82) is 0 Å². The van der Waals surface area contributed by atoms with Crippen molar-refractivity contribution < 1.29 is 4.79 Å². The molecule has 4 nitrogen and oxygen atoms in total. The van der Waals surface area contributed by atoms with Gasteiger partial charge in [0.15, 0.2) is 5.17 Å². The van der Waals surface area contributed by atoms with E-state index in [9.17, 15) is 4.79 Å². The van der Waals surface area contributed by atoms with Gasteiger partial charge in [-0.2, -0.15) is 5.10 Å². The third kappa shape index (κ3) is 3.14. The zero-order valence-corrected chi connectivity index (χ0v) is 18.2. The molecule has 3 aliphatic rings. The molecule has 0 radical (unpaired) electrons. The van der Waals surface area contributed by atoms with Crippen molar-refractivity contribution in [2.45, 2.75) is 59.8 Å². The summed E-state index contributed by atoms with van der Waals surface area (Å²) < 4.78 is 0. The minimum atomic E-state index is -0.101. The summed E-state index contributed by atoms with van der Waals surface area (Å²) in [5.41, 5.74) is 3.93. The second kappa shape index (κ2) is 6.87. The summed E-state index contributed by atoms with van der Waals surface area (Å²) in [5, 5.41) is 12.4. The fraction of sp³-hybridized carbons (Fsp3) is 0.522. The maximum absolute atomic E-state index is 12.3. The Balaban J connectivity index is 1.51. The lowest BCUT2D eigenvalue weighted by Crippen LogP contribution is -2.32. The van der Waals surface area contributed by atoms with E-state index in [0.29, 0.717) is 21.9 Å². The topological polar surface area (TPSA) is 53.8 Å². The number of rotatable bonds is 3. The Labute approximate surface area is 172 Å². The molecule has 1 N–H and O–H groups in total. The number of benzene rings is 1. The number of hydrogen-bond donors (Lipinski definition) is 1. The van der Waals surface area contributed by atoms with Crippen molar-refractivity contribution in [1.82, 2.24) is 5.32 Å². The van der Waals surface area contributed by atoms with Crippen LogP contribution in [0.15, 0.2) is 39.4 Å². The van der Waals surface area contributed by atoms with Crippen molar-refractivity contribution in [3.8, 4) is 0 Å². The Morgan fingerprint density at radius 1 is 1.18 bits per heavy atom. The normalized spacial score (nSPS) is 32.9. The van der Waals surface area contributed by atoms with Gasteiger partial charge >= 0.3 is 0 Å². The Morgan fingerprint density at radius 3 is 2.46 bits per heavy atom. The average Bonchev–Trinajstić information content (AvgIpc) is 3.17. The first-order valence-electron chi connectivity index (χ1n) is 10.2. The maximum Gasteiger partial charge on any atom is 0.264 e. The molecule has 148 valence electrons. The monoisotopic (exact) mass is 395 g/mol. The third-order valence-electron chi connectivity index (χ3n) is 7.33. The van der Waals surface area contributed by atoms with Crippen LogP contribution in [0.25, 0.3) is 6.08 Å². The lowest BCUT2D eigenvalue weighted by atomic mass is 9.70. The van der Waals surface area contributed by atoms with Crippen molar-refractivity contribution in [2.75, 3.05) is 0 Å². The van der Waals surface area contributed by atoms with E-state index < -0.39 is 0 Å². The van der Waals surface area contributed by atoms with Gasteiger partial charge in [0.05, 0.1) is 4.91 Å². The predicted molar refractivity (Wildman–Crippen MR) is 118 cm³/mol. The van der Waals surface area contributed by atoms with Gasteiger partial charge in [-0.3, -0.25) is 10.1 Å². The standard InChI is InChI=1S/C23H29N3OS/c1-14(2)16-8-6-15(7-9-16)12-18-20(27)24-21(28-18)26-25-19-13-17-10-11-23(19,5)22(17,3)4/h6-9,12,14,17H,10-11,13H2,1-5H3,(H,24,26,27)/b18-12+,25-19-. The zero-order valence-electron chi connectivity index (χ0n) is 17.4. The van der Waals surface area contributed by atoms with Gasteiger partial charge in [-0.05, 0) is 65.5 Å². The highest BCUT2D eigenvalue weighted by Gasteiger charge is 2.60. The molecule has 3 fully saturated rings. The van der Waals surface area contributed by atoms with E-state index in [1.165, 1.54) is 35.9 Å². The Kier molecular flexibility index (Phi) is 4.77. The van der Waals surface area contributed by atoms with Gasteiger partial charge in [-0.15, -0.1) is 5.10 Å². The molecule has 1 aromatic carbocycles. The van der Waals surface area contributed by atoms with Crippen LogP contribution in [-0.4, -0.2) is 16.8 Å². The van der Waals surface area contributed by atoms with Crippen LogP contribution in [0.3, 0.4) is 0 Å². The molecular formula is C23H29N3OS. The van der Waals surface area contributed by atoms with Crippen molar-refractivity contribution >= 4 is 34.6 Å². The Morgan fingerprint density at radius 2 is 1.89 bits per heavy atom. The number of nitrogens with one attached hydrogen (secondary N) is 1. The number of amidine groups is 1. The van der Waals surface area contributed by atoms with E-state index in [4.69, 9.17) is 0 Å². The van der Waals surface area contributed by atoms with Gasteiger partial charge in [-0.25, -0.2) is 0 Å². The zero-order chi connectivity index (χ0) is 20.1. The van der Waals surface area contributed by atoms with Crippen LogP contribution in [-0.2, 0) is 4.79 Å². The summed E-state index contributed by atoms with van der Waals surface area (Å²) in [6, 6.07) is 8.35. The SMILES string of the molecule is CC(C)c1ccc(/C=C2/S/C(=N/N=C3/CC4CCC3(C)C4(C)C)NC2=O)cc1. The molecule has 2 atom stereocenters. The smallest absolute Gasteiger partial charge is 0.264 e. The molecule has 2 unspecified atom stereocenters. The molecule has 1 aliphatic heterocycles. The van der Waals surface area contributed by atoms with Crippen molar-refractivity contribution in [3.63, 3.8) is 0 Å². The number of amides is 1. The van der Waals surface area contributed by atoms with Gasteiger partial charge in [0.2, 0.25) is 0 Å². The van der Waals surface area contributed by atoms with Crippen molar-refractivity contribution in [3.05, 3.63) is 40.3 Å². The lowest BCUT2D eigenvalue weighted by Gasteiger charge is -2.34. The van der Waals surface area contributed by atoms with Crippen LogP contribution in [0.2, 0.25) is 0 Å². The van der Waals surface area contributed by atoms with Crippen LogP contribution in [0.4, 0.5) is 0 Å². The van der Waals surface area contributed by atoms with Crippen molar-refractivity contribution in [2.24, 2.45) is 27.0 Å². The molecule has 0 spiro atoms. The number of fused-ring (bicyclic) bond motifs is 2. The van der Waals surface area contributed by atoms with Crippen LogP contribution in [0, 0.1) is 16.7 Å². The van der Waals surface area contributed by atoms with E-state index in [-0.39, 0.29) is 16.7 Å². The Hall–Kier alpha value is -1.88. The molecule has 2 aliphatic carbocycles. The largest absolute Gasteiger partial charge is 0.299 e. The summed E-state index contributed by atoms with van der Waals surface area (Å²) in [6.07, 6.45) is 5.42. The lowest BCUT2D eigenvalue weighted by molar-refractivity contribution is -0.115. The minimum absolute atomic E-state index is 0.101. The number of nitrogens with zero attached hydrogens (tertiary/aromatic N) is 2. The van der Waals surface area contributed by atoms with Crippen LogP contribution in [0.5, 0.6) is 0 Å². The Bertz CT molecular complexity index is 895. The van der Waals surface area contributed by atoms with Crippen LogP contribution >= 0.6 is 11.8 Å². The fourth-order valence-electron chi connectivity index (χ4n) is 4.79. The third-order valence-corrected chi connectivity index (χ3v) is 8.23. The van der Waals surface area contributed by atoms with Crippen LogP contribution < -0.4 is 5.32 Å². The summed E-state index contributed by atoms with van der Waals surface area (Å²) in [6.45, 7) is 11.4. The van der Waals surface area contributed by atoms with Gasteiger partial charge in [-0.1, -0.05) is 58.9 Å². The van der Waals surface area contributed by atoms with Gasteiger partial charge < -0.3 is 0 Å². The molecular weight excluding hydrogens is 366 g/mol. The highest BCUT2D eigenvalue weighted by molar-refractivity contribution is 8.18. The van der Waals surface area contributed by atoms with Gasteiger partial charge in [0.25, 0.3) is 5.91 Å². The highest BCUT2D eigenvalue weighted by Crippen LogP contribution is 2.64. The molecule has 1 aromatic rings. The van der Waals surface area contributed by atoms with Gasteiger partial charge in [0.1, 0.15) is 0 Å². The summed E-state index contributed by atoms with van der Waals surface area (Å²) in [4.78, 5) is 13.0. The molecule has 2 bridgehead atoms. The first-order chi connectivity index (χ1) is 13.2. The fourth-order valence-corrected chi connectivity index (χ4v) is 5.56.